The number of rotatable bonds is 13. The second-order valence-corrected chi connectivity index (χ2v) is 32.0. The first-order valence-electron chi connectivity index (χ1n) is 35.8. The van der Waals surface area contributed by atoms with Crippen LogP contribution >= 0.6 is 0 Å². The quantitative estimate of drug-likeness (QED) is 0.0647. The van der Waals surface area contributed by atoms with Crippen LogP contribution in [0.2, 0.25) is 0 Å². The van der Waals surface area contributed by atoms with Crippen molar-refractivity contribution in [3.63, 3.8) is 0 Å². The van der Waals surface area contributed by atoms with E-state index >= 15 is 0 Å². The molecular formula is C96H65B2N3Si. The van der Waals surface area contributed by atoms with Crippen LogP contribution in [0.25, 0.3) is 76.8 Å². The zero-order valence-corrected chi connectivity index (χ0v) is 57.6. The normalized spacial score (nSPS) is 12.6. The topological polar surface area (TPSA) is 9.72 Å². The molecule has 0 amide bonds. The van der Waals surface area contributed by atoms with Crippen LogP contribution in [0.5, 0.6) is 0 Å². The lowest BCUT2D eigenvalue weighted by Crippen LogP contribution is -2.75. The standard InChI is InChI=1S/C96H65B2N3Si/c1-62-48-50-86-77(52-62)81-55-71(100(66-34-16-5-17-35-66)67-36-18-6-19-37-67)58-84-80-61-90(102(73-42-24-9-25-43-73,74-44-26-10-27-45-74)75-46-28-11-29-47-75)85-60-89-91-79(53-63(2)76-59-88(97(86)95(81)84)92(80)94(85)93(76)91)83-57-72(101(68-38-20-7-21-39-68)69-40-22-8-23-41-69)56-82-78-54-70(49-51-87(78)98(89)96(82)83)99(64-30-12-3-13-31-64)65-32-14-4-15-33-65/h3-61H,1-2H3. The summed E-state index contributed by atoms with van der Waals surface area (Å²) in [5, 5.41) is 13.6. The molecule has 17 aromatic rings. The third-order valence-corrected chi connectivity index (χ3v) is 27.6. The predicted octanol–water partition coefficient (Wildman–Crippen LogP) is 17.9. The van der Waals surface area contributed by atoms with E-state index in [4.69, 9.17) is 0 Å². The molecule has 0 radical (unpaired) electrons. The molecule has 0 saturated carbocycles. The van der Waals surface area contributed by atoms with E-state index in [1.807, 2.05) is 0 Å². The smallest absolute Gasteiger partial charge is 0.244 e. The predicted molar refractivity (Wildman–Crippen MR) is 438 cm³/mol. The average Bonchev–Trinajstić information content (AvgIpc) is 1.20. The van der Waals surface area contributed by atoms with E-state index in [1.54, 1.807) is 0 Å². The zero-order valence-electron chi connectivity index (χ0n) is 56.6. The van der Waals surface area contributed by atoms with Gasteiger partial charge in [-0.05, 0) is 226 Å². The van der Waals surface area contributed by atoms with Gasteiger partial charge in [0.15, 0.2) is 8.07 Å². The maximum absolute atomic E-state index is 3.38. The van der Waals surface area contributed by atoms with Gasteiger partial charge >= 0.3 is 0 Å². The Morgan fingerprint density at radius 1 is 0.225 bits per heavy atom. The van der Waals surface area contributed by atoms with E-state index in [9.17, 15) is 0 Å². The Morgan fingerprint density at radius 3 is 0.941 bits per heavy atom. The summed E-state index contributed by atoms with van der Waals surface area (Å²) >= 11 is 0. The minimum absolute atomic E-state index is 0.00706. The van der Waals surface area contributed by atoms with E-state index < -0.39 is 8.07 Å². The van der Waals surface area contributed by atoms with Crippen LogP contribution in [0.1, 0.15) is 11.1 Å². The van der Waals surface area contributed by atoms with Crippen molar-refractivity contribution in [2.75, 3.05) is 14.7 Å². The summed E-state index contributed by atoms with van der Waals surface area (Å²) in [4.78, 5) is 7.38. The number of fused-ring (bicyclic) bond motifs is 10. The van der Waals surface area contributed by atoms with Gasteiger partial charge in [0.2, 0.25) is 13.4 Å². The summed E-state index contributed by atoms with van der Waals surface area (Å²) in [5.74, 6) is 0. The highest BCUT2D eigenvalue weighted by molar-refractivity contribution is 7.21. The fourth-order valence-electron chi connectivity index (χ4n) is 18.8. The number of aryl methyl sites for hydroxylation is 2. The molecule has 0 N–H and O–H groups in total. The first kappa shape index (κ1) is 58.5. The number of para-hydroxylation sites is 6. The summed E-state index contributed by atoms with van der Waals surface area (Å²) in [7, 11) is -3.38. The molecule has 0 unspecified atom stereocenters. The highest BCUT2D eigenvalue weighted by Crippen LogP contribution is 2.51. The Morgan fingerprint density at radius 2 is 0.539 bits per heavy atom. The summed E-state index contributed by atoms with van der Waals surface area (Å²) in [5.41, 5.74) is 31.1. The van der Waals surface area contributed by atoms with Crippen molar-refractivity contribution >= 4 is 159 Å². The van der Waals surface area contributed by atoms with Gasteiger partial charge in [0.05, 0.1) is 0 Å². The fourth-order valence-corrected chi connectivity index (χ4v) is 23.8. The molecule has 474 valence electrons. The van der Waals surface area contributed by atoms with Crippen molar-refractivity contribution in [1.82, 2.24) is 0 Å². The van der Waals surface area contributed by atoms with Crippen LogP contribution < -0.4 is 68.2 Å². The van der Waals surface area contributed by atoms with Gasteiger partial charge in [0, 0.05) is 51.2 Å². The lowest BCUT2D eigenvalue weighted by molar-refractivity contribution is 1.28. The van der Waals surface area contributed by atoms with E-state index in [0.717, 1.165) is 51.2 Å². The average molecular weight is 1310 g/mol. The van der Waals surface area contributed by atoms with Crippen molar-refractivity contribution in [3.8, 4) is 44.5 Å². The fraction of sp³-hybridized carbons (Fsp3) is 0.0208. The molecule has 4 aliphatic heterocycles. The van der Waals surface area contributed by atoms with Gasteiger partial charge in [0.1, 0.15) is 0 Å². The van der Waals surface area contributed by atoms with Gasteiger partial charge in [0.25, 0.3) is 0 Å². The van der Waals surface area contributed by atoms with Crippen LogP contribution in [0.15, 0.2) is 358 Å². The highest BCUT2D eigenvalue weighted by Gasteiger charge is 2.49. The second-order valence-electron chi connectivity index (χ2n) is 28.2. The number of hydrogen-bond donors (Lipinski definition) is 0. The van der Waals surface area contributed by atoms with E-state index in [0.29, 0.717) is 0 Å². The van der Waals surface area contributed by atoms with Crippen LogP contribution in [0.3, 0.4) is 0 Å². The Kier molecular flexibility index (Phi) is 13.1. The number of benzene rings is 17. The maximum Gasteiger partial charge on any atom is 0.244 e. The van der Waals surface area contributed by atoms with Gasteiger partial charge in [-0.3, -0.25) is 0 Å². The van der Waals surface area contributed by atoms with Crippen molar-refractivity contribution in [1.29, 1.82) is 0 Å². The third-order valence-electron chi connectivity index (χ3n) is 22.8. The Bertz CT molecular complexity index is 5990. The first-order chi connectivity index (χ1) is 50.5. The summed E-state index contributed by atoms with van der Waals surface area (Å²) in [6.07, 6.45) is 0. The molecule has 0 fully saturated rings. The van der Waals surface area contributed by atoms with E-state index in [-0.39, 0.29) is 13.4 Å². The van der Waals surface area contributed by atoms with Crippen LogP contribution in [-0.4, -0.2) is 21.5 Å². The minimum atomic E-state index is -3.38. The van der Waals surface area contributed by atoms with Crippen molar-refractivity contribution in [2.24, 2.45) is 0 Å². The summed E-state index contributed by atoms with van der Waals surface area (Å²) < 4.78 is 0. The summed E-state index contributed by atoms with van der Waals surface area (Å²) in [6.45, 7) is 4.57. The van der Waals surface area contributed by atoms with Gasteiger partial charge < -0.3 is 14.7 Å². The van der Waals surface area contributed by atoms with Crippen LogP contribution in [-0.2, 0) is 0 Å². The van der Waals surface area contributed by atoms with Crippen LogP contribution in [0.4, 0.5) is 51.2 Å². The molecule has 4 heterocycles. The molecule has 21 rings (SSSR count). The molecule has 3 nitrogen and oxygen atoms in total. The van der Waals surface area contributed by atoms with Gasteiger partial charge in [-0.2, -0.15) is 0 Å². The zero-order chi connectivity index (χ0) is 67.3. The lowest BCUT2D eigenvalue weighted by Gasteiger charge is -2.38. The minimum Gasteiger partial charge on any atom is -0.310 e. The summed E-state index contributed by atoms with van der Waals surface area (Å²) in [6, 6.07) is 136. The second kappa shape index (κ2) is 22.8. The van der Waals surface area contributed by atoms with Crippen LogP contribution in [0, 0.1) is 13.8 Å². The van der Waals surface area contributed by atoms with Crippen molar-refractivity contribution in [3.05, 3.63) is 369 Å². The van der Waals surface area contributed by atoms with Gasteiger partial charge in [-0.1, -0.05) is 287 Å². The highest BCUT2D eigenvalue weighted by atomic mass is 28.3. The molecule has 4 aliphatic rings. The number of anilines is 9. The van der Waals surface area contributed by atoms with Crippen molar-refractivity contribution in [2.45, 2.75) is 13.8 Å². The molecule has 6 heteroatoms. The molecule has 0 bridgehead atoms. The molecule has 102 heavy (non-hydrogen) atoms. The largest absolute Gasteiger partial charge is 0.310 e. The monoisotopic (exact) mass is 1310 g/mol. The molecule has 0 atom stereocenters. The van der Waals surface area contributed by atoms with E-state index in [2.05, 4.69) is 386 Å². The third kappa shape index (κ3) is 8.51. The molecule has 0 spiro atoms. The Balaban J connectivity index is 0.941. The van der Waals surface area contributed by atoms with Crippen molar-refractivity contribution < 1.29 is 0 Å². The first-order valence-corrected chi connectivity index (χ1v) is 37.8. The SMILES string of the molecule is Cc1ccc2c(c1)-c1cc(N(c3ccccc3)c3ccccc3)cc3c1B2c1cc2c(C)cc4c5c(cc6c([Si](c7ccccc7)(c7ccccc7)c7ccccc7)cc-3c1c6c25)B1c2ccc(N(c3ccccc3)c3ccccc3)cc2-c2cc(N(c3ccccc3)c3ccccc3)cc-4c21. The van der Waals surface area contributed by atoms with E-state index in [1.165, 1.54) is 141 Å². The number of hydrogen-bond acceptors (Lipinski definition) is 3. The Labute approximate surface area is 596 Å². The molecular weight excluding hydrogens is 1240 g/mol. The molecule has 0 aromatic heterocycles. The lowest BCUT2D eigenvalue weighted by atomic mass is 9.34. The maximum atomic E-state index is 2.76. The Hall–Kier alpha value is -12.5. The number of nitrogens with zero attached hydrogens (tertiary/aromatic N) is 3. The molecule has 17 aromatic carbocycles. The van der Waals surface area contributed by atoms with Gasteiger partial charge in [-0.25, -0.2) is 0 Å². The molecule has 0 saturated heterocycles. The molecule has 0 aliphatic carbocycles. The van der Waals surface area contributed by atoms with Gasteiger partial charge in [-0.15, -0.1) is 0 Å².